The molecule has 0 spiro atoms. The van der Waals surface area contributed by atoms with Crippen molar-refractivity contribution in [3.8, 4) is 0 Å². The van der Waals surface area contributed by atoms with Crippen molar-refractivity contribution >= 4 is 5.97 Å². The molecule has 0 radical (unpaired) electrons. The fourth-order valence-electron chi connectivity index (χ4n) is 2.18. The number of alkyl halides is 3. The van der Waals surface area contributed by atoms with Gasteiger partial charge in [-0.05, 0) is 45.7 Å². The highest BCUT2D eigenvalue weighted by molar-refractivity contribution is 5.78. The van der Waals surface area contributed by atoms with E-state index in [1.54, 1.807) is 13.8 Å². The van der Waals surface area contributed by atoms with E-state index < -0.39 is 24.2 Å². The molecule has 0 aromatic heterocycles. The summed E-state index contributed by atoms with van der Waals surface area (Å²) >= 11 is 0. The smallest absolute Gasteiger partial charge is 0.401 e. The van der Waals surface area contributed by atoms with Crippen molar-refractivity contribution in [2.24, 2.45) is 0 Å². The number of rotatable bonds is 9. The third-order valence-electron chi connectivity index (χ3n) is 3.57. The lowest BCUT2D eigenvalue weighted by molar-refractivity contribution is -0.147. The van der Waals surface area contributed by atoms with Crippen LogP contribution in [0.25, 0.3) is 0 Å². The number of hydrogen-bond donors (Lipinski definition) is 2. The van der Waals surface area contributed by atoms with Gasteiger partial charge in [0, 0.05) is 6.04 Å². The monoisotopic (exact) mass is 296 g/mol. The highest BCUT2D eigenvalue weighted by Crippen LogP contribution is 2.25. The first kappa shape index (κ1) is 17.2. The topological polar surface area (TPSA) is 52.6 Å². The van der Waals surface area contributed by atoms with E-state index in [9.17, 15) is 23.1 Å². The summed E-state index contributed by atoms with van der Waals surface area (Å²) in [7, 11) is 0. The van der Waals surface area contributed by atoms with E-state index in [2.05, 4.69) is 5.32 Å². The second-order valence-corrected chi connectivity index (χ2v) is 5.64. The third-order valence-corrected chi connectivity index (χ3v) is 3.57. The molecular formula is C13H23F3N2O2. The molecule has 0 amide bonds. The number of aliphatic carboxylic acids is 1. The van der Waals surface area contributed by atoms with E-state index in [4.69, 9.17) is 0 Å². The molecule has 0 aliphatic heterocycles. The Bertz CT molecular complexity index is 332. The molecule has 1 unspecified atom stereocenters. The quantitative estimate of drug-likeness (QED) is 0.685. The van der Waals surface area contributed by atoms with Crippen molar-refractivity contribution in [2.75, 3.05) is 19.6 Å². The average molecular weight is 296 g/mol. The second-order valence-electron chi connectivity index (χ2n) is 5.64. The van der Waals surface area contributed by atoms with Crippen molar-refractivity contribution in [1.29, 1.82) is 0 Å². The molecule has 1 saturated carbocycles. The number of carbonyl (C=O) groups is 1. The minimum atomic E-state index is -4.21. The maximum atomic E-state index is 12.3. The summed E-state index contributed by atoms with van der Waals surface area (Å²) in [5, 5.41) is 12.3. The van der Waals surface area contributed by atoms with Gasteiger partial charge in [-0.2, -0.15) is 13.2 Å². The Labute approximate surface area is 117 Å². The lowest BCUT2D eigenvalue weighted by Gasteiger charge is -2.28. The Morgan fingerprint density at radius 2 is 2.00 bits per heavy atom. The summed E-state index contributed by atoms with van der Waals surface area (Å²) in [4.78, 5) is 12.6. The SMILES string of the molecule is CCN(CCCC(C)(NC1CC1)C(=O)O)CC(F)(F)F. The van der Waals surface area contributed by atoms with Gasteiger partial charge in [0.05, 0.1) is 6.54 Å². The minimum absolute atomic E-state index is 0.244. The van der Waals surface area contributed by atoms with Crippen LogP contribution in [0, 0.1) is 0 Å². The van der Waals surface area contributed by atoms with Crippen LogP contribution >= 0.6 is 0 Å². The van der Waals surface area contributed by atoms with Gasteiger partial charge in [-0.3, -0.25) is 15.0 Å². The van der Waals surface area contributed by atoms with Crippen LogP contribution in [0.5, 0.6) is 0 Å². The second kappa shape index (κ2) is 6.76. The van der Waals surface area contributed by atoms with Crippen molar-refractivity contribution in [2.45, 2.75) is 57.3 Å². The van der Waals surface area contributed by atoms with E-state index in [1.165, 1.54) is 4.90 Å². The fourth-order valence-corrected chi connectivity index (χ4v) is 2.18. The summed E-state index contributed by atoms with van der Waals surface area (Å²) in [6.07, 6.45) is -1.52. The molecule has 0 saturated heterocycles. The summed E-state index contributed by atoms with van der Waals surface area (Å²) in [5.74, 6) is -0.941. The van der Waals surface area contributed by atoms with E-state index in [0.717, 1.165) is 12.8 Å². The first-order chi connectivity index (χ1) is 9.16. The summed E-state index contributed by atoms with van der Waals surface area (Å²) in [6.45, 7) is 2.90. The molecule has 0 bridgehead atoms. The molecule has 0 aromatic rings. The molecule has 0 heterocycles. The van der Waals surface area contributed by atoms with Crippen molar-refractivity contribution in [3.05, 3.63) is 0 Å². The first-order valence-electron chi connectivity index (χ1n) is 6.96. The predicted octanol–water partition coefficient (Wildman–Crippen LogP) is 2.25. The Morgan fingerprint density at radius 3 is 2.40 bits per heavy atom. The maximum Gasteiger partial charge on any atom is 0.401 e. The largest absolute Gasteiger partial charge is 0.480 e. The van der Waals surface area contributed by atoms with Gasteiger partial charge in [0.15, 0.2) is 0 Å². The van der Waals surface area contributed by atoms with Gasteiger partial charge >= 0.3 is 12.1 Å². The number of nitrogens with zero attached hydrogens (tertiary/aromatic N) is 1. The number of carboxylic acid groups (broad SMARTS) is 1. The van der Waals surface area contributed by atoms with Gasteiger partial charge in [-0.25, -0.2) is 0 Å². The van der Waals surface area contributed by atoms with E-state index in [0.29, 0.717) is 19.4 Å². The molecular weight excluding hydrogens is 273 g/mol. The van der Waals surface area contributed by atoms with Crippen LogP contribution in [0.4, 0.5) is 13.2 Å². The van der Waals surface area contributed by atoms with Crippen molar-refractivity contribution in [3.63, 3.8) is 0 Å². The zero-order chi connectivity index (χ0) is 15.4. The summed E-state index contributed by atoms with van der Waals surface area (Å²) in [6, 6.07) is 0.244. The lowest BCUT2D eigenvalue weighted by Crippen LogP contribution is -2.51. The Kier molecular flexibility index (Phi) is 5.82. The zero-order valence-corrected chi connectivity index (χ0v) is 12.0. The zero-order valence-electron chi connectivity index (χ0n) is 12.0. The molecule has 2 N–H and O–H groups in total. The fraction of sp³-hybridized carbons (Fsp3) is 0.923. The maximum absolute atomic E-state index is 12.3. The highest BCUT2D eigenvalue weighted by atomic mass is 19.4. The molecule has 0 aromatic carbocycles. The van der Waals surface area contributed by atoms with Crippen LogP contribution in [0.2, 0.25) is 0 Å². The Hall–Kier alpha value is -0.820. The van der Waals surface area contributed by atoms with Gasteiger partial charge < -0.3 is 5.11 Å². The van der Waals surface area contributed by atoms with Crippen LogP contribution < -0.4 is 5.32 Å². The van der Waals surface area contributed by atoms with Crippen molar-refractivity contribution < 1.29 is 23.1 Å². The van der Waals surface area contributed by atoms with Crippen molar-refractivity contribution in [1.82, 2.24) is 10.2 Å². The van der Waals surface area contributed by atoms with Gasteiger partial charge in [-0.1, -0.05) is 6.92 Å². The Balaban J connectivity index is 2.40. The van der Waals surface area contributed by atoms with Crippen LogP contribution in [0.3, 0.4) is 0 Å². The van der Waals surface area contributed by atoms with Gasteiger partial charge in [0.25, 0.3) is 0 Å². The predicted molar refractivity (Wildman–Crippen MR) is 69.6 cm³/mol. The molecule has 118 valence electrons. The van der Waals surface area contributed by atoms with Crippen LogP contribution in [0.15, 0.2) is 0 Å². The van der Waals surface area contributed by atoms with Crippen LogP contribution in [-0.2, 0) is 4.79 Å². The molecule has 1 fully saturated rings. The van der Waals surface area contributed by atoms with Gasteiger partial charge in [-0.15, -0.1) is 0 Å². The van der Waals surface area contributed by atoms with Gasteiger partial charge in [0.1, 0.15) is 5.54 Å². The summed E-state index contributed by atoms with van der Waals surface area (Å²) in [5.41, 5.74) is -1.04. The normalized spacial score (nSPS) is 19.1. The van der Waals surface area contributed by atoms with Crippen LogP contribution in [0.1, 0.15) is 39.5 Å². The molecule has 1 atom stereocenters. The van der Waals surface area contributed by atoms with E-state index in [1.807, 2.05) is 0 Å². The number of nitrogens with one attached hydrogen (secondary N) is 1. The number of hydrogen-bond acceptors (Lipinski definition) is 3. The molecule has 4 nitrogen and oxygen atoms in total. The molecule has 7 heteroatoms. The standard InChI is InChI=1S/C13H23F3N2O2/c1-3-18(9-13(14,15)16)8-4-7-12(2,11(19)20)17-10-5-6-10/h10,17H,3-9H2,1-2H3,(H,19,20). The van der Waals surface area contributed by atoms with Crippen LogP contribution in [-0.4, -0.2) is 53.4 Å². The molecule has 20 heavy (non-hydrogen) atoms. The van der Waals surface area contributed by atoms with E-state index >= 15 is 0 Å². The van der Waals surface area contributed by atoms with Gasteiger partial charge in [0.2, 0.25) is 0 Å². The minimum Gasteiger partial charge on any atom is -0.480 e. The Morgan fingerprint density at radius 1 is 1.40 bits per heavy atom. The lowest BCUT2D eigenvalue weighted by atomic mass is 9.95. The molecule has 1 aliphatic carbocycles. The molecule has 1 rings (SSSR count). The first-order valence-corrected chi connectivity index (χ1v) is 6.96. The summed E-state index contributed by atoms with van der Waals surface area (Å²) < 4.78 is 36.9. The highest BCUT2D eigenvalue weighted by Gasteiger charge is 2.38. The number of carboxylic acids is 1. The molecule has 1 aliphatic rings. The third kappa shape index (κ3) is 6.09. The average Bonchev–Trinajstić information content (AvgIpc) is 3.09. The number of halogens is 3. The van der Waals surface area contributed by atoms with E-state index in [-0.39, 0.29) is 12.6 Å².